The van der Waals surface area contributed by atoms with E-state index in [0.29, 0.717) is 24.0 Å². The highest BCUT2D eigenvalue weighted by molar-refractivity contribution is 6.31. The standard InChI is InChI=1S/C15H23ClN2/c1-10-11(2)18(9-8-15(10)17)12(3)13-6-4-5-7-14(13)16/h4-7,10-12,15H,8-9,17H2,1-3H3. The molecule has 0 aromatic heterocycles. The lowest BCUT2D eigenvalue weighted by Crippen LogP contribution is -2.52. The number of nitrogens with zero attached hydrogens (tertiary/aromatic N) is 1. The predicted octanol–water partition coefficient (Wildman–Crippen LogP) is 3.46. The molecule has 2 nitrogen and oxygen atoms in total. The van der Waals surface area contributed by atoms with Gasteiger partial charge in [0.1, 0.15) is 0 Å². The summed E-state index contributed by atoms with van der Waals surface area (Å²) in [4.78, 5) is 2.52. The molecule has 1 heterocycles. The zero-order valence-electron chi connectivity index (χ0n) is 11.4. The average Bonchev–Trinajstić information content (AvgIpc) is 2.36. The number of benzene rings is 1. The second kappa shape index (κ2) is 5.60. The van der Waals surface area contributed by atoms with Gasteiger partial charge in [-0.15, -0.1) is 0 Å². The van der Waals surface area contributed by atoms with E-state index < -0.39 is 0 Å². The number of hydrogen-bond donors (Lipinski definition) is 1. The molecule has 1 aliphatic heterocycles. The number of nitrogens with two attached hydrogens (primary N) is 1. The summed E-state index contributed by atoms with van der Waals surface area (Å²) < 4.78 is 0. The molecule has 0 spiro atoms. The van der Waals surface area contributed by atoms with Crippen LogP contribution in [0.15, 0.2) is 24.3 Å². The lowest BCUT2D eigenvalue weighted by Gasteiger charge is -2.44. The molecular weight excluding hydrogens is 244 g/mol. The van der Waals surface area contributed by atoms with Gasteiger partial charge in [-0.25, -0.2) is 0 Å². The first-order chi connectivity index (χ1) is 8.52. The van der Waals surface area contributed by atoms with E-state index in [1.54, 1.807) is 0 Å². The van der Waals surface area contributed by atoms with E-state index in [2.05, 4.69) is 37.8 Å². The van der Waals surface area contributed by atoms with Crippen LogP contribution < -0.4 is 5.73 Å². The maximum Gasteiger partial charge on any atom is 0.0453 e. The van der Waals surface area contributed by atoms with E-state index in [4.69, 9.17) is 17.3 Å². The molecule has 100 valence electrons. The first-order valence-electron chi connectivity index (χ1n) is 6.78. The fraction of sp³-hybridized carbons (Fsp3) is 0.600. The quantitative estimate of drug-likeness (QED) is 0.888. The topological polar surface area (TPSA) is 29.3 Å². The molecular formula is C15H23ClN2. The van der Waals surface area contributed by atoms with Gasteiger partial charge in [-0.05, 0) is 37.8 Å². The number of hydrogen-bond acceptors (Lipinski definition) is 2. The van der Waals surface area contributed by atoms with Gasteiger partial charge >= 0.3 is 0 Å². The molecule has 0 bridgehead atoms. The first-order valence-corrected chi connectivity index (χ1v) is 7.16. The first kappa shape index (κ1) is 13.9. The van der Waals surface area contributed by atoms with Crippen LogP contribution in [0.3, 0.4) is 0 Å². The Morgan fingerprint density at radius 1 is 1.33 bits per heavy atom. The molecule has 1 fully saturated rings. The SMILES string of the molecule is CC1C(N)CCN(C(C)c2ccccc2Cl)C1C. The van der Waals surface area contributed by atoms with E-state index in [-0.39, 0.29) is 0 Å². The van der Waals surface area contributed by atoms with Crippen LogP contribution in [0.4, 0.5) is 0 Å². The number of piperidine rings is 1. The summed E-state index contributed by atoms with van der Waals surface area (Å²) in [6.45, 7) is 7.82. The van der Waals surface area contributed by atoms with Gasteiger partial charge in [0, 0.05) is 29.7 Å². The molecule has 1 aromatic carbocycles. The van der Waals surface area contributed by atoms with Gasteiger partial charge < -0.3 is 5.73 Å². The van der Waals surface area contributed by atoms with E-state index in [1.807, 2.05) is 12.1 Å². The highest BCUT2D eigenvalue weighted by Gasteiger charge is 2.33. The van der Waals surface area contributed by atoms with Crippen LogP contribution in [0.25, 0.3) is 0 Å². The van der Waals surface area contributed by atoms with Crippen LogP contribution in [0.2, 0.25) is 5.02 Å². The Labute approximate surface area is 115 Å². The molecule has 1 aliphatic rings. The number of rotatable bonds is 2. The van der Waals surface area contributed by atoms with Crippen LogP contribution in [-0.2, 0) is 0 Å². The highest BCUT2D eigenvalue weighted by Crippen LogP contribution is 2.33. The zero-order valence-corrected chi connectivity index (χ0v) is 12.2. The van der Waals surface area contributed by atoms with Gasteiger partial charge in [0.25, 0.3) is 0 Å². The smallest absolute Gasteiger partial charge is 0.0453 e. The molecule has 2 rings (SSSR count). The van der Waals surface area contributed by atoms with Crippen molar-refractivity contribution in [2.75, 3.05) is 6.54 Å². The summed E-state index contributed by atoms with van der Waals surface area (Å²) in [5, 5.41) is 0.861. The Morgan fingerprint density at radius 2 is 2.00 bits per heavy atom. The van der Waals surface area contributed by atoms with Crippen molar-refractivity contribution in [3.05, 3.63) is 34.9 Å². The normalized spacial score (nSPS) is 31.3. The van der Waals surface area contributed by atoms with Gasteiger partial charge in [-0.2, -0.15) is 0 Å². The summed E-state index contributed by atoms with van der Waals surface area (Å²) in [6.07, 6.45) is 1.07. The third-order valence-corrected chi connectivity index (χ3v) is 4.88. The fourth-order valence-electron chi connectivity index (χ4n) is 2.96. The van der Waals surface area contributed by atoms with E-state index in [0.717, 1.165) is 18.0 Å². The van der Waals surface area contributed by atoms with Crippen molar-refractivity contribution in [1.82, 2.24) is 4.90 Å². The summed E-state index contributed by atoms with van der Waals surface area (Å²) in [5.41, 5.74) is 7.36. The van der Waals surface area contributed by atoms with E-state index >= 15 is 0 Å². The molecule has 4 atom stereocenters. The molecule has 0 radical (unpaired) electrons. The van der Waals surface area contributed by atoms with Crippen molar-refractivity contribution >= 4 is 11.6 Å². The van der Waals surface area contributed by atoms with Crippen molar-refractivity contribution in [3.63, 3.8) is 0 Å². The summed E-state index contributed by atoms with van der Waals surface area (Å²) in [6, 6.07) is 9.31. The third-order valence-electron chi connectivity index (χ3n) is 4.53. The van der Waals surface area contributed by atoms with Crippen molar-refractivity contribution < 1.29 is 0 Å². The van der Waals surface area contributed by atoms with E-state index in [1.165, 1.54) is 5.56 Å². The summed E-state index contributed by atoms with van der Waals surface area (Å²) in [5.74, 6) is 0.531. The largest absolute Gasteiger partial charge is 0.327 e. The van der Waals surface area contributed by atoms with Gasteiger partial charge in [0.2, 0.25) is 0 Å². The third kappa shape index (κ3) is 2.56. The molecule has 2 N–H and O–H groups in total. The van der Waals surface area contributed by atoms with Gasteiger partial charge in [-0.3, -0.25) is 4.90 Å². The molecule has 3 heteroatoms. The van der Waals surface area contributed by atoms with Gasteiger partial charge in [-0.1, -0.05) is 36.7 Å². The molecule has 4 unspecified atom stereocenters. The number of likely N-dealkylation sites (tertiary alicyclic amines) is 1. The van der Waals surface area contributed by atoms with Crippen molar-refractivity contribution in [1.29, 1.82) is 0 Å². The van der Waals surface area contributed by atoms with Gasteiger partial charge in [0.15, 0.2) is 0 Å². The molecule has 0 aliphatic carbocycles. The average molecular weight is 267 g/mol. The van der Waals surface area contributed by atoms with Crippen LogP contribution >= 0.6 is 11.6 Å². The minimum absolute atomic E-state index is 0.328. The van der Waals surface area contributed by atoms with Crippen LogP contribution in [0.5, 0.6) is 0 Å². The lowest BCUT2D eigenvalue weighted by atomic mass is 9.86. The number of halogens is 1. The molecule has 1 saturated heterocycles. The zero-order chi connectivity index (χ0) is 13.3. The Morgan fingerprint density at radius 3 is 2.67 bits per heavy atom. The monoisotopic (exact) mass is 266 g/mol. The van der Waals surface area contributed by atoms with Crippen molar-refractivity contribution in [3.8, 4) is 0 Å². The minimum Gasteiger partial charge on any atom is -0.327 e. The van der Waals surface area contributed by atoms with Crippen LogP contribution in [0.1, 0.15) is 38.8 Å². The Balaban J connectivity index is 2.19. The second-order valence-corrected chi connectivity index (χ2v) is 5.89. The van der Waals surface area contributed by atoms with Crippen molar-refractivity contribution in [2.45, 2.75) is 45.3 Å². The molecule has 0 amide bonds. The van der Waals surface area contributed by atoms with Crippen molar-refractivity contribution in [2.24, 2.45) is 11.7 Å². The Hall–Kier alpha value is -0.570. The van der Waals surface area contributed by atoms with Crippen LogP contribution in [-0.4, -0.2) is 23.5 Å². The second-order valence-electron chi connectivity index (χ2n) is 5.49. The minimum atomic E-state index is 0.328. The maximum absolute atomic E-state index is 6.30. The van der Waals surface area contributed by atoms with E-state index in [9.17, 15) is 0 Å². The lowest BCUT2D eigenvalue weighted by molar-refractivity contribution is 0.0627. The molecule has 1 aromatic rings. The summed E-state index contributed by atoms with van der Waals surface area (Å²) >= 11 is 6.30. The Bertz CT molecular complexity index is 407. The van der Waals surface area contributed by atoms with Crippen LogP contribution in [0, 0.1) is 5.92 Å². The van der Waals surface area contributed by atoms with Gasteiger partial charge in [0.05, 0.1) is 0 Å². The molecule has 18 heavy (non-hydrogen) atoms. The fourth-order valence-corrected chi connectivity index (χ4v) is 3.26. The predicted molar refractivity (Wildman–Crippen MR) is 77.8 cm³/mol. The Kier molecular flexibility index (Phi) is 4.31. The molecule has 0 saturated carbocycles. The maximum atomic E-state index is 6.30. The highest BCUT2D eigenvalue weighted by atomic mass is 35.5. The summed E-state index contributed by atoms with van der Waals surface area (Å²) in [7, 11) is 0.